The van der Waals surface area contributed by atoms with Crippen molar-refractivity contribution in [3.05, 3.63) is 29.6 Å². The van der Waals surface area contributed by atoms with Crippen LogP contribution >= 0.6 is 0 Å². The molecule has 19 heavy (non-hydrogen) atoms. The molecular formula is C14H19FN2O2. The molecule has 1 unspecified atom stereocenters. The number of rotatable bonds is 4. The van der Waals surface area contributed by atoms with Crippen molar-refractivity contribution in [3.8, 4) is 0 Å². The Labute approximate surface area is 112 Å². The number of hydrogen-bond acceptors (Lipinski definition) is 3. The van der Waals surface area contributed by atoms with Crippen LogP contribution in [0.1, 0.15) is 30.1 Å². The number of carbonyl (C=O) groups excluding carboxylic acids is 1. The van der Waals surface area contributed by atoms with Crippen molar-refractivity contribution in [2.75, 3.05) is 25.5 Å². The van der Waals surface area contributed by atoms with Crippen molar-refractivity contribution in [3.63, 3.8) is 0 Å². The first kappa shape index (κ1) is 13.8. The van der Waals surface area contributed by atoms with Crippen LogP contribution in [0, 0.1) is 5.82 Å². The van der Waals surface area contributed by atoms with Crippen LogP contribution in [0.2, 0.25) is 0 Å². The lowest BCUT2D eigenvalue weighted by atomic mass is 10.0. The maximum atomic E-state index is 13.6. The van der Waals surface area contributed by atoms with E-state index in [1.54, 1.807) is 13.1 Å². The fourth-order valence-corrected chi connectivity index (χ4v) is 2.31. The Morgan fingerprint density at radius 1 is 1.53 bits per heavy atom. The number of carbonyl (C=O) groups is 1. The molecule has 1 aliphatic heterocycles. The Hall–Kier alpha value is -1.62. The lowest BCUT2D eigenvalue weighted by Gasteiger charge is -2.23. The van der Waals surface area contributed by atoms with Gasteiger partial charge in [0.1, 0.15) is 5.82 Å². The zero-order valence-electron chi connectivity index (χ0n) is 11.3. The molecule has 4 nitrogen and oxygen atoms in total. The highest BCUT2D eigenvalue weighted by Gasteiger charge is 2.30. The van der Waals surface area contributed by atoms with Crippen LogP contribution in [0.3, 0.4) is 0 Å². The fraction of sp³-hybridized carbons (Fsp3) is 0.500. The summed E-state index contributed by atoms with van der Waals surface area (Å²) in [4.78, 5) is 12.1. The Balaban J connectivity index is 2.06. The second-order valence-corrected chi connectivity index (χ2v) is 5.00. The Morgan fingerprint density at radius 2 is 2.32 bits per heavy atom. The van der Waals surface area contributed by atoms with Crippen molar-refractivity contribution in [2.45, 2.75) is 25.4 Å². The van der Waals surface area contributed by atoms with Gasteiger partial charge in [-0.05, 0) is 31.9 Å². The third-order valence-electron chi connectivity index (χ3n) is 3.43. The first-order valence-corrected chi connectivity index (χ1v) is 6.44. The summed E-state index contributed by atoms with van der Waals surface area (Å²) >= 11 is 0. The largest absolute Gasteiger partial charge is 0.385 e. The van der Waals surface area contributed by atoms with Gasteiger partial charge in [-0.1, -0.05) is 6.07 Å². The lowest BCUT2D eigenvalue weighted by molar-refractivity contribution is 0.0206. The molecular weight excluding hydrogens is 247 g/mol. The van der Waals surface area contributed by atoms with Gasteiger partial charge < -0.3 is 15.4 Å². The van der Waals surface area contributed by atoms with Crippen molar-refractivity contribution < 1.29 is 13.9 Å². The Kier molecular flexibility index (Phi) is 4.04. The summed E-state index contributed by atoms with van der Waals surface area (Å²) in [5, 5.41) is 5.53. The minimum absolute atomic E-state index is 0.220. The minimum atomic E-state index is -0.432. The number of para-hydroxylation sites is 1. The fourth-order valence-electron chi connectivity index (χ4n) is 2.31. The van der Waals surface area contributed by atoms with Gasteiger partial charge in [-0.3, -0.25) is 4.79 Å². The number of ether oxygens (including phenoxy) is 1. The van der Waals surface area contributed by atoms with E-state index in [0.29, 0.717) is 12.1 Å². The zero-order valence-corrected chi connectivity index (χ0v) is 11.3. The molecule has 0 radical (unpaired) electrons. The molecule has 0 aromatic heterocycles. The molecule has 1 aliphatic rings. The minimum Gasteiger partial charge on any atom is -0.385 e. The van der Waals surface area contributed by atoms with Crippen molar-refractivity contribution in [2.24, 2.45) is 0 Å². The molecule has 1 aromatic carbocycles. The van der Waals surface area contributed by atoms with E-state index in [1.807, 2.05) is 6.92 Å². The molecule has 5 heteroatoms. The summed E-state index contributed by atoms with van der Waals surface area (Å²) in [6.45, 7) is 3.14. The normalized spacial score (nSPS) is 22.3. The van der Waals surface area contributed by atoms with Crippen LogP contribution in [-0.2, 0) is 4.74 Å². The van der Waals surface area contributed by atoms with Crippen LogP contribution in [0.15, 0.2) is 18.2 Å². The number of halogens is 1. The lowest BCUT2D eigenvalue weighted by Crippen LogP contribution is -2.40. The molecule has 2 N–H and O–H groups in total. The highest BCUT2D eigenvalue weighted by atomic mass is 19.1. The smallest absolute Gasteiger partial charge is 0.253 e. The molecule has 0 saturated carbocycles. The third kappa shape index (κ3) is 3.04. The van der Waals surface area contributed by atoms with Crippen LogP contribution < -0.4 is 10.6 Å². The maximum Gasteiger partial charge on any atom is 0.253 e. The molecule has 1 heterocycles. The molecule has 1 atom stereocenters. The number of amides is 1. The van der Waals surface area contributed by atoms with Crippen LogP contribution in [0.5, 0.6) is 0 Å². The molecule has 104 valence electrons. The molecule has 1 aromatic rings. The molecule has 0 bridgehead atoms. The summed E-state index contributed by atoms with van der Waals surface area (Å²) in [5.41, 5.74) is 0.226. The second-order valence-electron chi connectivity index (χ2n) is 5.00. The van der Waals surface area contributed by atoms with E-state index in [-0.39, 0.29) is 17.2 Å². The summed E-state index contributed by atoms with van der Waals surface area (Å²) in [6.07, 6.45) is 1.93. The van der Waals surface area contributed by atoms with Crippen molar-refractivity contribution in [1.29, 1.82) is 0 Å². The Bertz CT molecular complexity index is 471. The first-order valence-electron chi connectivity index (χ1n) is 6.44. The van der Waals surface area contributed by atoms with Gasteiger partial charge in [0.05, 0.1) is 16.9 Å². The van der Waals surface area contributed by atoms with Gasteiger partial charge in [0.2, 0.25) is 0 Å². The highest BCUT2D eigenvalue weighted by molar-refractivity contribution is 5.99. The van der Waals surface area contributed by atoms with Gasteiger partial charge in [0.15, 0.2) is 0 Å². The van der Waals surface area contributed by atoms with E-state index in [1.165, 1.54) is 12.1 Å². The molecule has 1 amide bonds. The van der Waals surface area contributed by atoms with Gasteiger partial charge >= 0.3 is 0 Å². The maximum absolute atomic E-state index is 13.6. The summed E-state index contributed by atoms with van der Waals surface area (Å²) in [7, 11) is 1.59. The van der Waals surface area contributed by atoms with E-state index >= 15 is 0 Å². The summed E-state index contributed by atoms with van der Waals surface area (Å²) in [5.74, 6) is -0.723. The van der Waals surface area contributed by atoms with E-state index < -0.39 is 5.82 Å². The summed E-state index contributed by atoms with van der Waals surface area (Å²) in [6, 6.07) is 4.45. The number of anilines is 1. The zero-order chi connectivity index (χ0) is 13.9. The summed E-state index contributed by atoms with van der Waals surface area (Å²) < 4.78 is 19.2. The molecule has 2 rings (SSSR count). The average molecular weight is 266 g/mol. The molecule has 1 fully saturated rings. The predicted octanol–water partition coefficient (Wildman–Crippen LogP) is 2.17. The Morgan fingerprint density at radius 3 is 2.95 bits per heavy atom. The first-order chi connectivity index (χ1) is 9.06. The number of hydrogen-bond donors (Lipinski definition) is 2. The third-order valence-corrected chi connectivity index (χ3v) is 3.43. The number of benzene rings is 1. The quantitative estimate of drug-likeness (QED) is 0.878. The highest BCUT2D eigenvalue weighted by Crippen LogP contribution is 2.24. The van der Waals surface area contributed by atoms with Gasteiger partial charge in [-0.2, -0.15) is 0 Å². The van der Waals surface area contributed by atoms with Crippen LogP contribution in [-0.4, -0.2) is 31.7 Å². The van der Waals surface area contributed by atoms with E-state index in [9.17, 15) is 9.18 Å². The van der Waals surface area contributed by atoms with E-state index in [4.69, 9.17) is 4.74 Å². The number of nitrogens with one attached hydrogen (secondary N) is 2. The average Bonchev–Trinajstić information content (AvgIpc) is 2.83. The molecule has 1 saturated heterocycles. The van der Waals surface area contributed by atoms with Gasteiger partial charge in [-0.15, -0.1) is 0 Å². The SMILES string of the molecule is CNc1c(F)cccc1C(=O)NCC1(C)CCCO1. The molecule has 0 spiro atoms. The van der Waals surface area contributed by atoms with E-state index in [2.05, 4.69) is 10.6 Å². The monoisotopic (exact) mass is 266 g/mol. The topological polar surface area (TPSA) is 50.4 Å². The van der Waals surface area contributed by atoms with Crippen LogP contribution in [0.4, 0.5) is 10.1 Å². The van der Waals surface area contributed by atoms with Gasteiger partial charge in [0, 0.05) is 20.2 Å². The molecule has 0 aliphatic carbocycles. The van der Waals surface area contributed by atoms with Crippen LogP contribution in [0.25, 0.3) is 0 Å². The second kappa shape index (κ2) is 5.57. The van der Waals surface area contributed by atoms with E-state index in [0.717, 1.165) is 19.4 Å². The van der Waals surface area contributed by atoms with Crippen molar-refractivity contribution in [1.82, 2.24) is 5.32 Å². The van der Waals surface area contributed by atoms with Gasteiger partial charge in [-0.25, -0.2) is 4.39 Å². The van der Waals surface area contributed by atoms with Crippen molar-refractivity contribution >= 4 is 11.6 Å². The standard InChI is InChI=1S/C14H19FN2O2/c1-14(7-4-8-19-14)9-17-13(18)10-5-3-6-11(15)12(10)16-2/h3,5-6,16H,4,7-9H2,1-2H3,(H,17,18). The predicted molar refractivity (Wildman–Crippen MR) is 71.9 cm³/mol. The van der Waals surface area contributed by atoms with Gasteiger partial charge in [0.25, 0.3) is 5.91 Å².